The zero-order chi connectivity index (χ0) is 22.3. The molecule has 1 N–H and O–H groups in total. The number of carbonyl (C=O) groups excluding carboxylic acids is 2. The van der Waals surface area contributed by atoms with E-state index in [1.165, 1.54) is 4.90 Å². The number of benzene rings is 2. The number of nitrogens with zero attached hydrogens (tertiary/aromatic N) is 2. The maximum atomic E-state index is 13.3. The van der Waals surface area contributed by atoms with Crippen molar-refractivity contribution in [3.05, 3.63) is 65.7 Å². The first-order valence-electron chi connectivity index (χ1n) is 9.79. The standard InChI is InChI=1S/C22H29N3O4S/c1-5-23-22(27)18(3)24(15-19-12-10-9-11-17(19)2)21(26)16-25(30(4,28)29)20-13-7-6-8-14-20/h6-14,18H,5,15-16H2,1-4H3,(H,23,27)/t18-/m1/s1. The summed E-state index contributed by atoms with van der Waals surface area (Å²) in [6.45, 7) is 5.64. The first-order chi connectivity index (χ1) is 14.1. The first-order valence-corrected chi connectivity index (χ1v) is 11.6. The number of likely N-dealkylation sites (N-methyl/N-ethyl adjacent to an activating group) is 1. The molecular formula is C22H29N3O4S. The fourth-order valence-electron chi connectivity index (χ4n) is 3.08. The van der Waals surface area contributed by atoms with Gasteiger partial charge < -0.3 is 10.2 Å². The van der Waals surface area contributed by atoms with Crippen LogP contribution in [0.4, 0.5) is 5.69 Å². The van der Waals surface area contributed by atoms with Crippen molar-refractivity contribution in [1.82, 2.24) is 10.2 Å². The molecule has 1 atom stereocenters. The zero-order valence-electron chi connectivity index (χ0n) is 17.8. The van der Waals surface area contributed by atoms with Gasteiger partial charge in [-0.2, -0.15) is 0 Å². The SMILES string of the molecule is CCNC(=O)[C@@H](C)N(Cc1ccccc1C)C(=O)CN(c1ccccc1)S(C)(=O)=O. The Bertz CT molecular complexity index is 977. The zero-order valence-corrected chi connectivity index (χ0v) is 18.6. The van der Waals surface area contributed by atoms with Crippen LogP contribution in [-0.2, 0) is 26.2 Å². The van der Waals surface area contributed by atoms with E-state index in [0.29, 0.717) is 12.2 Å². The number of hydrogen-bond acceptors (Lipinski definition) is 4. The Balaban J connectivity index is 2.37. The molecule has 0 aliphatic rings. The molecule has 2 aromatic carbocycles. The number of aryl methyl sites for hydroxylation is 1. The van der Waals surface area contributed by atoms with Crippen LogP contribution in [0.1, 0.15) is 25.0 Å². The molecule has 7 nitrogen and oxygen atoms in total. The summed E-state index contributed by atoms with van der Waals surface area (Å²) in [5.41, 5.74) is 2.28. The van der Waals surface area contributed by atoms with Gasteiger partial charge in [0.05, 0.1) is 11.9 Å². The quantitative estimate of drug-likeness (QED) is 0.660. The highest BCUT2D eigenvalue weighted by atomic mass is 32.2. The molecule has 2 amide bonds. The van der Waals surface area contributed by atoms with Crippen molar-refractivity contribution >= 4 is 27.5 Å². The van der Waals surface area contributed by atoms with Gasteiger partial charge in [-0.1, -0.05) is 42.5 Å². The van der Waals surface area contributed by atoms with Crippen LogP contribution in [0.2, 0.25) is 0 Å². The fourth-order valence-corrected chi connectivity index (χ4v) is 3.93. The van der Waals surface area contributed by atoms with Crippen LogP contribution in [0.15, 0.2) is 54.6 Å². The molecule has 0 aliphatic carbocycles. The molecule has 0 bridgehead atoms. The third-order valence-corrected chi connectivity index (χ3v) is 5.98. The van der Waals surface area contributed by atoms with E-state index >= 15 is 0 Å². The lowest BCUT2D eigenvalue weighted by atomic mass is 10.1. The lowest BCUT2D eigenvalue weighted by Gasteiger charge is -2.31. The summed E-state index contributed by atoms with van der Waals surface area (Å²) in [7, 11) is -3.70. The summed E-state index contributed by atoms with van der Waals surface area (Å²) < 4.78 is 25.8. The minimum atomic E-state index is -3.70. The number of hydrogen-bond donors (Lipinski definition) is 1. The Morgan fingerprint density at radius 1 is 1.03 bits per heavy atom. The summed E-state index contributed by atoms with van der Waals surface area (Å²) in [6, 6.07) is 15.3. The van der Waals surface area contributed by atoms with E-state index in [1.807, 2.05) is 31.2 Å². The van der Waals surface area contributed by atoms with Crippen molar-refractivity contribution in [3.8, 4) is 0 Å². The molecule has 30 heavy (non-hydrogen) atoms. The van der Waals surface area contributed by atoms with Crippen LogP contribution in [-0.4, -0.2) is 50.5 Å². The van der Waals surface area contributed by atoms with Crippen molar-refractivity contribution in [3.63, 3.8) is 0 Å². The summed E-state index contributed by atoms with van der Waals surface area (Å²) in [5, 5.41) is 2.73. The molecule has 0 saturated heterocycles. The monoisotopic (exact) mass is 431 g/mol. The predicted molar refractivity (Wildman–Crippen MR) is 119 cm³/mol. The van der Waals surface area contributed by atoms with E-state index in [0.717, 1.165) is 21.7 Å². The van der Waals surface area contributed by atoms with E-state index in [-0.39, 0.29) is 12.5 Å². The Morgan fingerprint density at radius 3 is 2.20 bits per heavy atom. The van der Waals surface area contributed by atoms with Crippen molar-refractivity contribution < 1.29 is 18.0 Å². The predicted octanol–water partition coefficient (Wildman–Crippen LogP) is 2.31. The van der Waals surface area contributed by atoms with Crippen molar-refractivity contribution in [1.29, 1.82) is 0 Å². The van der Waals surface area contributed by atoms with E-state index in [9.17, 15) is 18.0 Å². The molecule has 0 heterocycles. The van der Waals surface area contributed by atoms with Crippen LogP contribution in [0.5, 0.6) is 0 Å². The third kappa shape index (κ3) is 6.06. The molecule has 0 radical (unpaired) electrons. The van der Waals surface area contributed by atoms with Gasteiger partial charge in [0.1, 0.15) is 12.6 Å². The van der Waals surface area contributed by atoms with Crippen LogP contribution < -0.4 is 9.62 Å². The number of carbonyl (C=O) groups is 2. The largest absolute Gasteiger partial charge is 0.355 e. The van der Waals surface area contributed by atoms with Crippen molar-refractivity contribution in [2.45, 2.75) is 33.4 Å². The summed E-state index contributed by atoms with van der Waals surface area (Å²) in [6.07, 6.45) is 1.06. The highest BCUT2D eigenvalue weighted by molar-refractivity contribution is 7.92. The van der Waals surface area contributed by atoms with Gasteiger partial charge >= 0.3 is 0 Å². The number of nitrogens with one attached hydrogen (secondary N) is 1. The Morgan fingerprint density at radius 2 is 1.63 bits per heavy atom. The molecule has 0 unspecified atom stereocenters. The molecule has 0 aromatic heterocycles. The average Bonchev–Trinajstić information content (AvgIpc) is 2.70. The Labute approximate surface area is 178 Å². The van der Waals surface area contributed by atoms with Gasteiger partial charge in [0, 0.05) is 13.1 Å². The first kappa shape index (κ1) is 23.4. The Kier molecular flexibility index (Phi) is 8.00. The lowest BCUT2D eigenvalue weighted by molar-refractivity contribution is -0.139. The second-order valence-electron chi connectivity index (χ2n) is 7.12. The maximum Gasteiger partial charge on any atom is 0.244 e. The second kappa shape index (κ2) is 10.2. The van der Waals surface area contributed by atoms with Gasteiger partial charge in [-0.05, 0) is 44.0 Å². The highest BCUT2D eigenvalue weighted by Crippen LogP contribution is 2.19. The van der Waals surface area contributed by atoms with Crippen LogP contribution in [0.25, 0.3) is 0 Å². The normalized spacial score (nSPS) is 12.1. The molecule has 0 saturated carbocycles. The van der Waals surface area contributed by atoms with Crippen LogP contribution in [0.3, 0.4) is 0 Å². The minimum Gasteiger partial charge on any atom is -0.355 e. The second-order valence-corrected chi connectivity index (χ2v) is 9.03. The molecular weight excluding hydrogens is 402 g/mol. The van der Waals surface area contributed by atoms with Crippen molar-refractivity contribution in [2.24, 2.45) is 0 Å². The molecule has 2 aromatic rings. The molecule has 8 heteroatoms. The van der Waals surface area contributed by atoms with Crippen LogP contribution >= 0.6 is 0 Å². The number of sulfonamides is 1. The summed E-state index contributed by atoms with van der Waals surface area (Å²) in [5.74, 6) is -0.740. The molecule has 2 rings (SSSR count). The summed E-state index contributed by atoms with van der Waals surface area (Å²) in [4.78, 5) is 27.2. The fraction of sp³-hybridized carbons (Fsp3) is 0.364. The smallest absolute Gasteiger partial charge is 0.244 e. The van der Waals surface area contributed by atoms with Gasteiger partial charge in [0.25, 0.3) is 0 Å². The van der Waals surface area contributed by atoms with E-state index in [2.05, 4.69) is 5.32 Å². The maximum absolute atomic E-state index is 13.3. The Hall–Kier alpha value is -2.87. The van der Waals surface area contributed by atoms with Crippen LogP contribution in [0, 0.1) is 6.92 Å². The molecule has 162 valence electrons. The van der Waals surface area contributed by atoms with Gasteiger partial charge in [-0.3, -0.25) is 13.9 Å². The van der Waals surface area contributed by atoms with Gasteiger partial charge in [0.2, 0.25) is 21.8 Å². The third-order valence-electron chi connectivity index (χ3n) is 4.84. The van der Waals surface area contributed by atoms with Gasteiger partial charge in [0.15, 0.2) is 0 Å². The number of anilines is 1. The highest BCUT2D eigenvalue weighted by Gasteiger charge is 2.30. The average molecular weight is 432 g/mol. The van der Waals surface area contributed by atoms with Crippen molar-refractivity contribution in [2.75, 3.05) is 23.7 Å². The number of amides is 2. The van der Waals surface area contributed by atoms with E-state index in [4.69, 9.17) is 0 Å². The molecule has 0 aliphatic heterocycles. The number of rotatable bonds is 9. The molecule has 0 fully saturated rings. The minimum absolute atomic E-state index is 0.205. The topological polar surface area (TPSA) is 86.8 Å². The van der Waals surface area contributed by atoms with Gasteiger partial charge in [-0.25, -0.2) is 8.42 Å². The van der Waals surface area contributed by atoms with E-state index in [1.54, 1.807) is 44.2 Å². The summed E-state index contributed by atoms with van der Waals surface area (Å²) >= 11 is 0. The number of para-hydroxylation sites is 1. The lowest BCUT2D eigenvalue weighted by Crippen LogP contribution is -2.51. The van der Waals surface area contributed by atoms with Gasteiger partial charge in [-0.15, -0.1) is 0 Å². The molecule has 0 spiro atoms. The van der Waals surface area contributed by atoms with E-state index < -0.39 is 28.5 Å².